The van der Waals surface area contributed by atoms with Gasteiger partial charge in [0.05, 0.1) is 12.6 Å². The van der Waals surface area contributed by atoms with Crippen molar-refractivity contribution in [3.63, 3.8) is 0 Å². The van der Waals surface area contributed by atoms with Gasteiger partial charge in [-0.25, -0.2) is 0 Å². The molecule has 2 aromatic rings. The van der Waals surface area contributed by atoms with Crippen molar-refractivity contribution in [2.75, 3.05) is 20.3 Å². The number of carbonyl (C=O) groups is 2. The normalized spacial score (nSPS) is 15.6. The van der Waals surface area contributed by atoms with Crippen LogP contribution in [-0.2, 0) is 4.74 Å². The standard InChI is InChI=1S/C16H16N2O3/c1-21-9-11(8-17)18-15(19)12-6-2-4-10-5-3-7-13(14(10)12)16(18)20/h2-7,11H,8-9,17H2,1H3. The Balaban J connectivity index is 2.19. The van der Waals surface area contributed by atoms with Crippen LogP contribution < -0.4 is 5.73 Å². The van der Waals surface area contributed by atoms with Crippen LogP contribution in [0, 0.1) is 0 Å². The van der Waals surface area contributed by atoms with Gasteiger partial charge in [-0.2, -0.15) is 0 Å². The number of imide groups is 1. The van der Waals surface area contributed by atoms with E-state index in [1.54, 1.807) is 12.1 Å². The van der Waals surface area contributed by atoms with Gasteiger partial charge in [0, 0.05) is 30.2 Å². The molecule has 0 aliphatic carbocycles. The second kappa shape index (κ2) is 5.27. The third kappa shape index (κ3) is 2.02. The molecule has 0 spiro atoms. The summed E-state index contributed by atoms with van der Waals surface area (Å²) in [5, 5.41) is 1.61. The summed E-state index contributed by atoms with van der Waals surface area (Å²) in [5.41, 5.74) is 6.78. The van der Waals surface area contributed by atoms with Crippen molar-refractivity contribution in [1.82, 2.24) is 4.90 Å². The summed E-state index contributed by atoms with van der Waals surface area (Å²) in [6.07, 6.45) is 0. The fourth-order valence-electron chi connectivity index (χ4n) is 2.82. The Labute approximate surface area is 122 Å². The first-order valence-electron chi connectivity index (χ1n) is 6.77. The molecule has 5 nitrogen and oxygen atoms in total. The molecule has 1 aliphatic rings. The molecule has 1 aliphatic heterocycles. The van der Waals surface area contributed by atoms with Crippen LogP contribution in [0.5, 0.6) is 0 Å². The summed E-state index contributed by atoms with van der Waals surface area (Å²) in [6.45, 7) is 0.398. The van der Waals surface area contributed by atoms with Crippen LogP contribution in [0.2, 0.25) is 0 Å². The molecule has 3 rings (SSSR count). The molecule has 0 aromatic heterocycles. The van der Waals surface area contributed by atoms with Gasteiger partial charge in [0.15, 0.2) is 0 Å². The third-order valence-corrected chi connectivity index (χ3v) is 3.80. The molecule has 2 amide bonds. The number of carbonyl (C=O) groups excluding carboxylic acids is 2. The Bertz CT molecular complexity index is 676. The highest BCUT2D eigenvalue weighted by Gasteiger charge is 2.36. The van der Waals surface area contributed by atoms with Crippen molar-refractivity contribution in [1.29, 1.82) is 0 Å². The van der Waals surface area contributed by atoms with E-state index in [-0.39, 0.29) is 25.0 Å². The number of methoxy groups -OCH3 is 1. The van der Waals surface area contributed by atoms with Gasteiger partial charge in [-0.1, -0.05) is 24.3 Å². The Kier molecular flexibility index (Phi) is 3.45. The smallest absolute Gasteiger partial charge is 0.261 e. The first-order chi connectivity index (χ1) is 10.2. The van der Waals surface area contributed by atoms with Crippen molar-refractivity contribution in [3.05, 3.63) is 47.5 Å². The minimum absolute atomic E-state index is 0.170. The van der Waals surface area contributed by atoms with Crippen LogP contribution >= 0.6 is 0 Å². The molecule has 1 atom stereocenters. The second-order valence-electron chi connectivity index (χ2n) is 5.03. The third-order valence-electron chi connectivity index (χ3n) is 3.80. The minimum Gasteiger partial charge on any atom is -0.382 e. The van der Waals surface area contributed by atoms with Gasteiger partial charge in [0.1, 0.15) is 0 Å². The van der Waals surface area contributed by atoms with Crippen LogP contribution in [0.3, 0.4) is 0 Å². The first-order valence-corrected chi connectivity index (χ1v) is 6.77. The lowest BCUT2D eigenvalue weighted by atomic mass is 9.93. The predicted molar refractivity (Wildman–Crippen MR) is 79.2 cm³/mol. The van der Waals surface area contributed by atoms with E-state index in [2.05, 4.69) is 0 Å². The number of hydrogen-bond donors (Lipinski definition) is 1. The number of nitrogens with zero attached hydrogens (tertiary/aromatic N) is 1. The van der Waals surface area contributed by atoms with Crippen LogP contribution in [0.15, 0.2) is 36.4 Å². The van der Waals surface area contributed by atoms with Crippen LogP contribution in [0.1, 0.15) is 20.7 Å². The molecule has 108 valence electrons. The van der Waals surface area contributed by atoms with Crippen LogP contribution in [-0.4, -0.2) is 43.0 Å². The highest BCUT2D eigenvalue weighted by molar-refractivity contribution is 6.25. The quantitative estimate of drug-likeness (QED) is 0.862. The van der Waals surface area contributed by atoms with Crippen LogP contribution in [0.25, 0.3) is 10.8 Å². The van der Waals surface area contributed by atoms with E-state index in [9.17, 15) is 9.59 Å². The molecule has 21 heavy (non-hydrogen) atoms. The van der Waals surface area contributed by atoms with Crippen molar-refractivity contribution >= 4 is 22.6 Å². The van der Waals surface area contributed by atoms with E-state index in [1.807, 2.05) is 24.3 Å². The van der Waals surface area contributed by atoms with Gasteiger partial charge in [-0.15, -0.1) is 0 Å². The van der Waals surface area contributed by atoms with E-state index in [4.69, 9.17) is 10.5 Å². The first kappa shape index (κ1) is 13.7. The van der Waals surface area contributed by atoms with Crippen LogP contribution in [0.4, 0.5) is 0 Å². The molecule has 0 bridgehead atoms. The maximum atomic E-state index is 12.7. The van der Waals surface area contributed by atoms with Crippen molar-refractivity contribution < 1.29 is 14.3 Å². The van der Waals surface area contributed by atoms with Gasteiger partial charge >= 0.3 is 0 Å². The maximum Gasteiger partial charge on any atom is 0.261 e. The van der Waals surface area contributed by atoms with Crippen molar-refractivity contribution in [2.24, 2.45) is 5.73 Å². The van der Waals surface area contributed by atoms with Crippen molar-refractivity contribution in [2.45, 2.75) is 6.04 Å². The molecule has 0 saturated carbocycles. The molecular weight excluding hydrogens is 268 g/mol. The fraction of sp³-hybridized carbons (Fsp3) is 0.250. The van der Waals surface area contributed by atoms with E-state index in [1.165, 1.54) is 12.0 Å². The number of nitrogens with two attached hydrogens (primary N) is 1. The summed E-state index contributed by atoms with van der Waals surface area (Å²) in [4.78, 5) is 26.6. The minimum atomic E-state index is -0.460. The van der Waals surface area contributed by atoms with Gasteiger partial charge < -0.3 is 10.5 Å². The molecule has 0 fully saturated rings. The van der Waals surface area contributed by atoms with Crippen molar-refractivity contribution in [3.8, 4) is 0 Å². The molecule has 2 N–H and O–H groups in total. The molecule has 1 heterocycles. The summed E-state index contributed by atoms with van der Waals surface area (Å²) in [7, 11) is 1.52. The zero-order valence-electron chi connectivity index (χ0n) is 11.7. The highest BCUT2D eigenvalue weighted by atomic mass is 16.5. The lowest BCUT2D eigenvalue weighted by Gasteiger charge is -2.32. The van der Waals surface area contributed by atoms with E-state index in [0.29, 0.717) is 11.1 Å². The van der Waals surface area contributed by atoms with E-state index >= 15 is 0 Å². The average Bonchev–Trinajstić information content (AvgIpc) is 2.51. The Hall–Kier alpha value is -2.24. The largest absolute Gasteiger partial charge is 0.382 e. The summed E-state index contributed by atoms with van der Waals surface area (Å²) in [6, 6.07) is 10.5. The summed E-state index contributed by atoms with van der Waals surface area (Å²) < 4.78 is 5.08. The van der Waals surface area contributed by atoms with Gasteiger partial charge in [-0.3, -0.25) is 14.5 Å². The summed E-state index contributed by atoms with van der Waals surface area (Å²) in [5.74, 6) is -0.617. The summed E-state index contributed by atoms with van der Waals surface area (Å²) >= 11 is 0. The Morgan fingerprint density at radius 2 is 1.67 bits per heavy atom. The van der Waals surface area contributed by atoms with Gasteiger partial charge in [-0.05, 0) is 17.5 Å². The number of amides is 2. The maximum absolute atomic E-state index is 12.7. The Morgan fingerprint density at radius 3 is 2.14 bits per heavy atom. The number of benzene rings is 2. The van der Waals surface area contributed by atoms with Gasteiger partial charge in [0.2, 0.25) is 0 Å². The van der Waals surface area contributed by atoms with E-state index in [0.717, 1.165) is 10.8 Å². The highest BCUT2D eigenvalue weighted by Crippen LogP contribution is 2.30. The SMILES string of the molecule is COCC(CN)N1C(=O)c2cccc3cccc(c23)C1=O. The zero-order chi connectivity index (χ0) is 15.0. The molecule has 0 saturated heterocycles. The number of rotatable bonds is 4. The molecule has 0 radical (unpaired) electrons. The van der Waals surface area contributed by atoms with E-state index < -0.39 is 6.04 Å². The molecule has 2 aromatic carbocycles. The topological polar surface area (TPSA) is 72.6 Å². The zero-order valence-corrected chi connectivity index (χ0v) is 11.7. The molecular formula is C16H16N2O3. The van der Waals surface area contributed by atoms with Gasteiger partial charge in [0.25, 0.3) is 11.8 Å². The molecule has 1 unspecified atom stereocenters. The number of hydrogen-bond acceptors (Lipinski definition) is 4. The predicted octanol–water partition coefficient (Wildman–Crippen LogP) is 1.41. The lowest BCUT2D eigenvalue weighted by molar-refractivity contribution is 0.0440. The fourth-order valence-corrected chi connectivity index (χ4v) is 2.82. The Morgan fingerprint density at radius 1 is 1.10 bits per heavy atom. The average molecular weight is 284 g/mol. The monoisotopic (exact) mass is 284 g/mol. The second-order valence-corrected chi connectivity index (χ2v) is 5.03. The lowest BCUT2D eigenvalue weighted by Crippen LogP contribution is -2.52. The molecule has 5 heteroatoms. The number of ether oxygens (including phenoxy) is 1.